The maximum atomic E-state index is 12.0. The molecular formula is C12H19N5OS2. The van der Waals surface area contributed by atoms with Gasteiger partial charge in [-0.05, 0) is 25.1 Å². The SMILES string of the molecule is O=C(NCCc1n[nH]c(=S)n1C1CC1)N1CCSCC1. The molecule has 2 N–H and O–H groups in total. The maximum Gasteiger partial charge on any atom is 0.317 e. The van der Waals surface area contributed by atoms with Crippen LogP contribution in [0, 0.1) is 4.77 Å². The Morgan fingerprint density at radius 3 is 2.90 bits per heavy atom. The number of thioether (sulfide) groups is 1. The van der Waals surface area contributed by atoms with Crippen molar-refractivity contribution in [2.45, 2.75) is 25.3 Å². The number of hydrogen-bond acceptors (Lipinski definition) is 4. The van der Waals surface area contributed by atoms with Crippen LogP contribution in [0.1, 0.15) is 24.7 Å². The van der Waals surface area contributed by atoms with Crippen LogP contribution in [0.25, 0.3) is 0 Å². The molecule has 2 fully saturated rings. The van der Waals surface area contributed by atoms with Crippen LogP contribution in [0.4, 0.5) is 4.79 Å². The average molecular weight is 313 g/mol. The van der Waals surface area contributed by atoms with Gasteiger partial charge < -0.3 is 14.8 Å². The normalized spacial score (nSPS) is 19.1. The summed E-state index contributed by atoms with van der Waals surface area (Å²) in [4.78, 5) is 13.9. The number of nitrogens with zero attached hydrogens (tertiary/aromatic N) is 3. The topological polar surface area (TPSA) is 66.0 Å². The van der Waals surface area contributed by atoms with Crippen molar-refractivity contribution in [2.24, 2.45) is 0 Å². The molecule has 2 aliphatic rings. The van der Waals surface area contributed by atoms with Crippen LogP contribution in [-0.4, -0.2) is 56.8 Å². The van der Waals surface area contributed by atoms with Gasteiger partial charge in [0.05, 0.1) is 0 Å². The summed E-state index contributed by atoms with van der Waals surface area (Å²) < 4.78 is 2.79. The third-order valence-electron chi connectivity index (χ3n) is 3.61. The Hall–Kier alpha value is -1.02. The number of amides is 2. The van der Waals surface area contributed by atoms with Gasteiger partial charge in [-0.15, -0.1) is 0 Å². The predicted molar refractivity (Wildman–Crippen MR) is 81.7 cm³/mol. The van der Waals surface area contributed by atoms with Gasteiger partial charge in [0, 0.05) is 43.6 Å². The molecule has 1 saturated carbocycles. The molecule has 1 aliphatic heterocycles. The molecule has 0 radical (unpaired) electrons. The fraction of sp³-hybridized carbons (Fsp3) is 0.750. The highest BCUT2D eigenvalue weighted by Crippen LogP contribution is 2.35. The summed E-state index contributed by atoms with van der Waals surface area (Å²) in [7, 11) is 0. The molecule has 0 bridgehead atoms. The van der Waals surface area contributed by atoms with Crippen molar-refractivity contribution in [1.29, 1.82) is 0 Å². The van der Waals surface area contributed by atoms with Crippen molar-refractivity contribution in [3.05, 3.63) is 10.6 Å². The lowest BCUT2D eigenvalue weighted by atomic mass is 10.4. The quantitative estimate of drug-likeness (QED) is 0.828. The first-order chi connectivity index (χ1) is 9.75. The smallest absolute Gasteiger partial charge is 0.317 e. The van der Waals surface area contributed by atoms with E-state index in [0.29, 0.717) is 17.4 Å². The summed E-state index contributed by atoms with van der Waals surface area (Å²) in [6.45, 7) is 2.30. The molecule has 0 atom stereocenters. The van der Waals surface area contributed by atoms with E-state index in [2.05, 4.69) is 20.1 Å². The third-order valence-corrected chi connectivity index (χ3v) is 4.84. The number of rotatable bonds is 4. The minimum absolute atomic E-state index is 0.0393. The van der Waals surface area contributed by atoms with Crippen LogP contribution in [-0.2, 0) is 6.42 Å². The number of aromatic nitrogens is 3. The first-order valence-corrected chi connectivity index (χ1v) is 8.58. The van der Waals surface area contributed by atoms with Gasteiger partial charge in [0.1, 0.15) is 5.82 Å². The van der Waals surface area contributed by atoms with E-state index in [1.165, 1.54) is 12.8 Å². The van der Waals surface area contributed by atoms with Crippen LogP contribution in [0.2, 0.25) is 0 Å². The molecule has 0 unspecified atom stereocenters. The molecule has 1 aliphatic carbocycles. The van der Waals surface area contributed by atoms with E-state index in [-0.39, 0.29) is 6.03 Å². The standard InChI is InChI=1S/C12H19N5OS2/c18-11(16-5-7-20-8-6-16)13-4-3-10-14-15-12(19)17(10)9-1-2-9/h9H,1-8H2,(H,13,18)(H,15,19). The van der Waals surface area contributed by atoms with Gasteiger partial charge in [0.15, 0.2) is 4.77 Å². The highest BCUT2D eigenvalue weighted by Gasteiger charge is 2.27. The van der Waals surface area contributed by atoms with Gasteiger partial charge in [-0.1, -0.05) is 0 Å². The maximum absolute atomic E-state index is 12.0. The minimum atomic E-state index is 0.0393. The minimum Gasteiger partial charge on any atom is -0.338 e. The number of nitrogens with one attached hydrogen (secondary N) is 2. The number of carbonyl (C=O) groups excluding carboxylic acids is 1. The number of hydrogen-bond donors (Lipinski definition) is 2. The zero-order chi connectivity index (χ0) is 13.9. The largest absolute Gasteiger partial charge is 0.338 e. The van der Waals surface area contributed by atoms with Gasteiger partial charge in [0.2, 0.25) is 0 Å². The van der Waals surface area contributed by atoms with Crippen molar-refractivity contribution < 1.29 is 4.79 Å². The molecule has 0 spiro atoms. The molecule has 110 valence electrons. The summed E-state index contributed by atoms with van der Waals surface area (Å²) in [5.74, 6) is 3.02. The Morgan fingerprint density at radius 2 is 2.20 bits per heavy atom. The van der Waals surface area contributed by atoms with Gasteiger partial charge >= 0.3 is 6.03 Å². The Bertz CT molecular complexity index is 530. The molecule has 3 rings (SSSR count). The zero-order valence-electron chi connectivity index (χ0n) is 11.3. The fourth-order valence-electron chi connectivity index (χ4n) is 2.38. The lowest BCUT2D eigenvalue weighted by Crippen LogP contribution is -2.44. The second kappa shape index (κ2) is 6.17. The van der Waals surface area contributed by atoms with Crippen LogP contribution < -0.4 is 5.32 Å². The van der Waals surface area contributed by atoms with Crippen molar-refractivity contribution in [3.63, 3.8) is 0 Å². The van der Waals surface area contributed by atoms with Crippen molar-refractivity contribution in [1.82, 2.24) is 25.0 Å². The van der Waals surface area contributed by atoms with E-state index in [0.717, 1.165) is 36.8 Å². The van der Waals surface area contributed by atoms with E-state index in [1.807, 2.05) is 16.7 Å². The van der Waals surface area contributed by atoms with Crippen LogP contribution in [0.5, 0.6) is 0 Å². The summed E-state index contributed by atoms with van der Waals surface area (Å²) in [6, 6.07) is 0.559. The molecule has 0 aromatic carbocycles. The molecule has 1 aromatic heterocycles. The predicted octanol–water partition coefficient (Wildman–Crippen LogP) is 1.58. The number of carbonyl (C=O) groups is 1. The Labute approximate surface area is 127 Å². The van der Waals surface area contributed by atoms with E-state index in [4.69, 9.17) is 12.2 Å². The summed E-state index contributed by atoms with van der Waals surface area (Å²) in [5.41, 5.74) is 0. The van der Waals surface area contributed by atoms with Gasteiger partial charge in [-0.3, -0.25) is 5.10 Å². The molecule has 2 heterocycles. The van der Waals surface area contributed by atoms with Crippen LogP contribution in [0.15, 0.2) is 0 Å². The molecule has 2 amide bonds. The second-order valence-electron chi connectivity index (χ2n) is 5.13. The van der Waals surface area contributed by atoms with Crippen molar-refractivity contribution in [2.75, 3.05) is 31.1 Å². The molecule has 1 saturated heterocycles. The van der Waals surface area contributed by atoms with E-state index in [9.17, 15) is 4.79 Å². The number of aromatic amines is 1. The molecular weight excluding hydrogens is 294 g/mol. The van der Waals surface area contributed by atoms with Gasteiger partial charge in [-0.2, -0.15) is 16.9 Å². The molecule has 6 nitrogen and oxygen atoms in total. The first-order valence-electron chi connectivity index (χ1n) is 7.02. The van der Waals surface area contributed by atoms with E-state index in [1.54, 1.807) is 0 Å². The lowest BCUT2D eigenvalue weighted by molar-refractivity contribution is 0.203. The van der Waals surface area contributed by atoms with Gasteiger partial charge in [0.25, 0.3) is 0 Å². The zero-order valence-corrected chi connectivity index (χ0v) is 12.9. The highest BCUT2D eigenvalue weighted by atomic mass is 32.2. The van der Waals surface area contributed by atoms with Crippen molar-refractivity contribution >= 4 is 30.0 Å². The second-order valence-corrected chi connectivity index (χ2v) is 6.74. The Kier molecular flexibility index (Phi) is 4.30. The Balaban J connectivity index is 1.50. The van der Waals surface area contributed by atoms with Gasteiger partial charge in [-0.25, -0.2) is 4.79 Å². The lowest BCUT2D eigenvalue weighted by Gasteiger charge is -2.26. The fourth-order valence-corrected chi connectivity index (χ4v) is 3.59. The summed E-state index contributed by atoms with van der Waals surface area (Å²) in [6.07, 6.45) is 3.08. The Morgan fingerprint density at radius 1 is 1.45 bits per heavy atom. The number of urea groups is 1. The molecule has 8 heteroatoms. The molecule has 1 aromatic rings. The van der Waals surface area contributed by atoms with E-state index < -0.39 is 0 Å². The molecule has 20 heavy (non-hydrogen) atoms. The van der Waals surface area contributed by atoms with Crippen molar-refractivity contribution in [3.8, 4) is 0 Å². The summed E-state index contributed by atoms with van der Waals surface area (Å²) >= 11 is 7.14. The monoisotopic (exact) mass is 313 g/mol. The van der Waals surface area contributed by atoms with Crippen LogP contribution in [0.3, 0.4) is 0 Å². The number of H-pyrrole nitrogens is 1. The summed E-state index contributed by atoms with van der Waals surface area (Å²) in [5, 5.41) is 10.1. The third kappa shape index (κ3) is 3.17. The van der Waals surface area contributed by atoms with Crippen LogP contribution >= 0.6 is 24.0 Å². The first kappa shape index (κ1) is 13.9. The highest BCUT2D eigenvalue weighted by molar-refractivity contribution is 7.99. The average Bonchev–Trinajstić information content (AvgIpc) is 3.24. The van der Waals surface area contributed by atoms with E-state index >= 15 is 0 Å².